The van der Waals surface area contributed by atoms with Crippen molar-refractivity contribution in [3.8, 4) is 0 Å². The van der Waals surface area contributed by atoms with Crippen LogP contribution in [0.2, 0.25) is 0 Å². The summed E-state index contributed by atoms with van der Waals surface area (Å²) in [6.07, 6.45) is -6.93. The summed E-state index contributed by atoms with van der Waals surface area (Å²) < 4.78 is 79.8. The first-order valence-electron chi connectivity index (χ1n) is 7.78. The van der Waals surface area contributed by atoms with Gasteiger partial charge in [-0.15, -0.1) is 0 Å². The van der Waals surface area contributed by atoms with E-state index >= 15 is 0 Å². The molecular weight excluding hydrogens is 346 g/mol. The number of nitrogens with zero attached hydrogens (tertiary/aromatic N) is 2. The number of aryl methyl sites for hydroxylation is 1. The Morgan fingerprint density at radius 2 is 1.52 bits per heavy atom. The number of alkyl halides is 6. The Hall–Kier alpha value is -1.96. The topological polar surface area (TPSA) is 8.17 Å². The van der Waals surface area contributed by atoms with E-state index in [9.17, 15) is 26.3 Å². The van der Waals surface area contributed by atoms with E-state index in [4.69, 9.17) is 0 Å². The third kappa shape index (κ3) is 4.18. The fourth-order valence-electron chi connectivity index (χ4n) is 3.09. The Balaban J connectivity index is 1.89. The maximum absolute atomic E-state index is 13.0. The minimum absolute atomic E-state index is 0.0159. The molecule has 1 aliphatic rings. The monoisotopic (exact) mass is 362 g/mol. The molecule has 0 saturated carbocycles. The van der Waals surface area contributed by atoms with Gasteiger partial charge in [0.25, 0.3) is 0 Å². The van der Waals surface area contributed by atoms with E-state index in [1.54, 1.807) is 0 Å². The van der Waals surface area contributed by atoms with Gasteiger partial charge in [0.05, 0.1) is 11.1 Å². The van der Waals surface area contributed by atoms with E-state index < -0.39 is 23.5 Å². The Kier molecular flexibility index (Phi) is 4.57. The highest BCUT2D eigenvalue weighted by Crippen LogP contribution is 2.36. The van der Waals surface area contributed by atoms with Crippen molar-refractivity contribution in [2.45, 2.75) is 38.4 Å². The second-order valence-corrected chi connectivity index (χ2v) is 6.17. The van der Waals surface area contributed by atoms with Gasteiger partial charge in [-0.2, -0.15) is 26.3 Å². The average Bonchev–Trinajstić information content (AvgIpc) is 2.84. The Morgan fingerprint density at radius 1 is 0.880 bits per heavy atom. The largest absolute Gasteiger partial charge is 0.416 e. The summed E-state index contributed by atoms with van der Waals surface area (Å²) in [6, 6.07) is 5.56. The lowest BCUT2D eigenvalue weighted by molar-refractivity contribution is -0.143. The first-order valence-corrected chi connectivity index (χ1v) is 7.78. The smallest absolute Gasteiger partial charge is 0.350 e. The molecule has 2 heterocycles. The first kappa shape index (κ1) is 17.8. The normalized spacial score (nSPS) is 16.6. The zero-order chi connectivity index (χ0) is 18.2. The molecule has 3 rings (SSSR count). The van der Waals surface area contributed by atoms with E-state index in [0.29, 0.717) is 13.1 Å². The van der Waals surface area contributed by atoms with Gasteiger partial charge in [-0.05, 0) is 42.3 Å². The van der Waals surface area contributed by atoms with Crippen LogP contribution in [0, 0.1) is 0 Å². The number of benzene rings is 1. The lowest BCUT2D eigenvalue weighted by Gasteiger charge is -2.21. The van der Waals surface area contributed by atoms with Gasteiger partial charge in [-0.1, -0.05) is 0 Å². The van der Waals surface area contributed by atoms with Crippen LogP contribution >= 0.6 is 0 Å². The molecule has 1 aliphatic heterocycles. The van der Waals surface area contributed by atoms with Crippen LogP contribution in [0.25, 0.3) is 0 Å². The summed E-state index contributed by atoms with van der Waals surface area (Å²) in [5.41, 5.74) is -1.52. The molecule has 0 fully saturated rings. The van der Waals surface area contributed by atoms with Crippen LogP contribution in [0.1, 0.15) is 28.8 Å². The molecule has 0 atom stereocenters. The summed E-state index contributed by atoms with van der Waals surface area (Å²) in [6.45, 7) is 1.93. The number of fused-ring (bicyclic) bond motifs is 1. The van der Waals surface area contributed by atoms with Crippen molar-refractivity contribution in [1.82, 2.24) is 9.47 Å². The molecule has 0 spiro atoms. The van der Waals surface area contributed by atoms with E-state index in [-0.39, 0.29) is 18.2 Å². The maximum Gasteiger partial charge on any atom is 0.416 e. The van der Waals surface area contributed by atoms with Crippen molar-refractivity contribution in [3.63, 3.8) is 0 Å². The number of hydrogen-bond donors (Lipinski definition) is 0. The fourth-order valence-corrected chi connectivity index (χ4v) is 3.09. The lowest BCUT2D eigenvalue weighted by atomic mass is 10.0. The molecule has 2 aromatic rings. The second-order valence-electron chi connectivity index (χ2n) is 6.17. The molecule has 0 bridgehead atoms. The summed E-state index contributed by atoms with van der Waals surface area (Å²) in [7, 11) is 0. The summed E-state index contributed by atoms with van der Waals surface area (Å²) in [5, 5.41) is 0. The highest BCUT2D eigenvalue weighted by molar-refractivity contribution is 5.33. The molecule has 0 aliphatic carbocycles. The zero-order valence-corrected chi connectivity index (χ0v) is 13.2. The van der Waals surface area contributed by atoms with Crippen LogP contribution in [0.3, 0.4) is 0 Å². The van der Waals surface area contributed by atoms with Crippen molar-refractivity contribution in [2.24, 2.45) is 0 Å². The summed E-state index contributed by atoms with van der Waals surface area (Å²) in [4.78, 5) is 1.87. The van der Waals surface area contributed by atoms with Gasteiger partial charge in [-0.3, -0.25) is 4.90 Å². The lowest BCUT2D eigenvalue weighted by Crippen LogP contribution is -2.23. The van der Waals surface area contributed by atoms with Crippen molar-refractivity contribution in [3.05, 3.63) is 58.9 Å². The van der Waals surface area contributed by atoms with Gasteiger partial charge in [-0.25, -0.2) is 0 Å². The van der Waals surface area contributed by atoms with Gasteiger partial charge in [0.15, 0.2) is 0 Å². The molecule has 0 unspecified atom stereocenters. The van der Waals surface area contributed by atoms with Crippen molar-refractivity contribution < 1.29 is 26.3 Å². The van der Waals surface area contributed by atoms with Crippen molar-refractivity contribution >= 4 is 0 Å². The van der Waals surface area contributed by atoms with Crippen LogP contribution in [-0.4, -0.2) is 16.0 Å². The van der Waals surface area contributed by atoms with Crippen molar-refractivity contribution in [2.75, 3.05) is 6.54 Å². The standard InChI is InChI=1S/C17H16F6N2/c18-16(19,20)13-7-12(8-14(9-13)17(21,22)23)10-24-4-2-6-25-5-1-3-15(25)11-24/h1,3,5,7-9H,2,4,6,10-11H2. The highest BCUT2D eigenvalue weighted by atomic mass is 19.4. The maximum atomic E-state index is 13.0. The first-order chi connectivity index (χ1) is 11.6. The second kappa shape index (κ2) is 6.40. The molecular formula is C17H16F6N2. The van der Waals surface area contributed by atoms with E-state index in [1.807, 2.05) is 27.8 Å². The Labute approximate surface area is 140 Å². The van der Waals surface area contributed by atoms with Crippen LogP contribution < -0.4 is 0 Å². The van der Waals surface area contributed by atoms with E-state index in [1.165, 1.54) is 0 Å². The molecule has 0 N–H and O–H groups in total. The number of aromatic nitrogens is 1. The number of halogens is 6. The molecule has 136 valence electrons. The Morgan fingerprint density at radius 3 is 2.12 bits per heavy atom. The van der Waals surface area contributed by atoms with Gasteiger partial charge in [0.1, 0.15) is 0 Å². The van der Waals surface area contributed by atoms with Gasteiger partial charge in [0, 0.05) is 38.1 Å². The minimum Gasteiger partial charge on any atom is -0.350 e. The molecule has 0 radical (unpaired) electrons. The highest BCUT2D eigenvalue weighted by Gasteiger charge is 2.37. The van der Waals surface area contributed by atoms with Gasteiger partial charge >= 0.3 is 12.4 Å². The number of rotatable bonds is 2. The minimum atomic E-state index is -4.82. The fraction of sp³-hybridized carbons (Fsp3) is 0.412. The Bertz CT molecular complexity index is 712. The van der Waals surface area contributed by atoms with Gasteiger partial charge in [0.2, 0.25) is 0 Å². The summed E-state index contributed by atoms with van der Waals surface area (Å²) >= 11 is 0. The van der Waals surface area contributed by atoms with Crippen molar-refractivity contribution in [1.29, 1.82) is 0 Å². The van der Waals surface area contributed by atoms with E-state index in [0.717, 1.165) is 30.8 Å². The predicted molar refractivity (Wildman–Crippen MR) is 79.6 cm³/mol. The third-order valence-electron chi connectivity index (χ3n) is 4.24. The quantitative estimate of drug-likeness (QED) is 0.688. The molecule has 2 nitrogen and oxygen atoms in total. The molecule has 1 aromatic carbocycles. The van der Waals surface area contributed by atoms with Crippen LogP contribution in [-0.2, 0) is 32.0 Å². The molecule has 0 saturated heterocycles. The summed E-state index contributed by atoms with van der Waals surface area (Å²) in [5.74, 6) is 0. The number of hydrogen-bond acceptors (Lipinski definition) is 1. The SMILES string of the molecule is FC(F)(F)c1cc(CN2CCCn3cccc3C2)cc(C(F)(F)F)c1. The average molecular weight is 362 g/mol. The predicted octanol–water partition coefficient (Wildman–Crippen LogP) is 4.93. The van der Waals surface area contributed by atoms with Crippen LogP contribution in [0.15, 0.2) is 36.5 Å². The molecule has 25 heavy (non-hydrogen) atoms. The third-order valence-corrected chi connectivity index (χ3v) is 4.24. The van der Waals surface area contributed by atoms with Gasteiger partial charge < -0.3 is 4.57 Å². The van der Waals surface area contributed by atoms with Crippen LogP contribution in [0.4, 0.5) is 26.3 Å². The molecule has 8 heteroatoms. The molecule has 0 amide bonds. The van der Waals surface area contributed by atoms with Crippen LogP contribution in [0.5, 0.6) is 0 Å². The molecule has 1 aromatic heterocycles. The zero-order valence-electron chi connectivity index (χ0n) is 13.2. The van der Waals surface area contributed by atoms with E-state index in [2.05, 4.69) is 0 Å².